The molecule has 0 saturated heterocycles. The van der Waals surface area contributed by atoms with Gasteiger partial charge >= 0.3 is 0 Å². The molecule has 1 unspecified atom stereocenters. The Morgan fingerprint density at radius 3 is 2.80 bits per heavy atom. The molecule has 20 heavy (non-hydrogen) atoms. The van der Waals surface area contributed by atoms with Crippen LogP contribution < -0.4 is 5.73 Å². The van der Waals surface area contributed by atoms with Gasteiger partial charge in [0.05, 0.1) is 11.9 Å². The summed E-state index contributed by atoms with van der Waals surface area (Å²) in [6.07, 6.45) is 4.28. The highest BCUT2D eigenvalue weighted by Crippen LogP contribution is 2.35. The zero-order valence-electron chi connectivity index (χ0n) is 11.2. The lowest BCUT2D eigenvalue weighted by Gasteiger charge is -2.31. The minimum absolute atomic E-state index is 0.0279. The first kappa shape index (κ1) is 12.1. The zero-order chi connectivity index (χ0) is 13.7. The van der Waals surface area contributed by atoms with Crippen molar-refractivity contribution in [2.24, 2.45) is 5.73 Å². The first-order chi connectivity index (χ1) is 9.74. The van der Waals surface area contributed by atoms with Crippen molar-refractivity contribution in [2.75, 3.05) is 6.54 Å². The first-order valence-electron chi connectivity index (χ1n) is 7.05. The van der Waals surface area contributed by atoms with Crippen LogP contribution in [0.5, 0.6) is 0 Å². The standard InChI is InChI=1S/C15H17FN4/c16-12-3-1-2-4-14(12)20-15-9-19(10-5-6-10)8-13(17)11(15)7-18-20/h1-4,7,10,13H,5-6,8-9,17H2. The van der Waals surface area contributed by atoms with Gasteiger partial charge < -0.3 is 5.73 Å². The smallest absolute Gasteiger partial charge is 0.148 e. The highest BCUT2D eigenvalue weighted by Gasteiger charge is 2.35. The van der Waals surface area contributed by atoms with Gasteiger partial charge in [-0.15, -0.1) is 0 Å². The van der Waals surface area contributed by atoms with Gasteiger partial charge in [-0.3, -0.25) is 4.90 Å². The summed E-state index contributed by atoms with van der Waals surface area (Å²) in [4.78, 5) is 2.39. The number of fused-ring (bicyclic) bond motifs is 1. The highest BCUT2D eigenvalue weighted by molar-refractivity contribution is 5.38. The van der Waals surface area contributed by atoms with Gasteiger partial charge in [-0.25, -0.2) is 9.07 Å². The molecule has 5 heteroatoms. The normalized spacial score (nSPS) is 22.8. The summed E-state index contributed by atoms with van der Waals surface area (Å²) in [5, 5.41) is 4.36. The molecule has 2 aliphatic rings. The van der Waals surface area contributed by atoms with Crippen molar-refractivity contribution in [1.29, 1.82) is 0 Å². The van der Waals surface area contributed by atoms with Crippen LogP contribution in [0.15, 0.2) is 30.5 Å². The molecule has 104 valence electrons. The molecule has 1 saturated carbocycles. The van der Waals surface area contributed by atoms with Gasteiger partial charge in [-0.05, 0) is 25.0 Å². The molecule has 0 amide bonds. The molecule has 1 aromatic heterocycles. The second kappa shape index (κ2) is 4.40. The Kier molecular flexibility index (Phi) is 2.65. The van der Waals surface area contributed by atoms with E-state index >= 15 is 0 Å². The van der Waals surface area contributed by atoms with E-state index in [1.165, 1.54) is 18.9 Å². The summed E-state index contributed by atoms with van der Waals surface area (Å²) in [5.41, 5.74) is 8.82. The fraction of sp³-hybridized carbons (Fsp3) is 0.400. The average Bonchev–Trinajstić information content (AvgIpc) is 3.20. The Morgan fingerprint density at radius 2 is 2.05 bits per heavy atom. The number of nitrogens with zero attached hydrogens (tertiary/aromatic N) is 3. The van der Waals surface area contributed by atoms with Crippen LogP contribution in [0.25, 0.3) is 5.69 Å². The molecule has 0 spiro atoms. The number of rotatable bonds is 2. The van der Waals surface area contributed by atoms with Crippen LogP contribution in [-0.4, -0.2) is 27.3 Å². The second-order valence-corrected chi connectivity index (χ2v) is 5.68. The number of hydrogen-bond donors (Lipinski definition) is 1. The van der Waals surface area contributed by atoms with Crippen molar-refractivity contribution in [2.45, 2.75) is 31.5 Å². The second-order valence-electron chi connectivity index (χ2n) is 5.68. The molecule has 2 aromatic rings. The largest absolute Gasteiger partial charge is 0.323 e. The molecule has 1 fully saturated rings. The Bertz CT molecular complexity index is 647. The van der Waals surface area contributed by atoms with Gasteiger partial charge in [0.1, 0.15) is 11.5 Å². The fourth-order valence-electron chi connectivity index (χ4n) is 3.01. The Morgan fingerprint density at radius 1 is 1.25 bits per heavy atom. The number of halogens is 1. The van der Waals surface area contributed by atoms with Crippen molar-refractivity contribution in [1.82, 2.24) is 14.7 Å². The molecule has 4 rings (SSSR count). The Balaban J connectivity index is 1.78. The third-order valence-corrected chi connectivity index (χ3v) is 4.23. The first-order valence-corrected chi connectivity index (χ1v) is 7.05. The topological polar surface area (TPSA) is 47.1 Å². The summed E-state index contributed by atoms with van der Waals surface area (Å²) in [6, 6.07) is 7.36. The molecule has 4 nitrogen and oxygen atoms in total. The molecular weight excluding hydrogens is 255 g/mol. The lowest BCUT2D eigenvalue weighted by molar-refractivity contribution is 0.216. The molecule has 1 aliphatic carbocycles. The lowest BCUT2D eigenvalue weighted by atomic mass is 10.0. The van der Waals surface area contributed by atoms with Crippen molar-refractivity contribution >= 4 is 0 Å². The zero-order valence-corrected chi connectivity index (χ0v) is 11.2. The van der Waals surface area contributed by atoms with Gasteiger partial charge in [-0.1, -0.05) is 12.1 Å². The van der Waals surface area contributed by atoms with E-state index in [1.54, 1.807) is 23.0 Å². The summed E-state index contributed by atoms with van der Waals surface area (Å²) in [7, 11) is 0. The quantitative estimate of drug-likeness (QED) is 0.909. The van der Waals surface area contributed by atoms with E-state index < -0.39 is 0 Å². The number of para-hydroxylation sites is 1. The third kappa shape index (κ3) is 1.85. The summed E-state index contributed by atoms with van der Waals surface area (Å²) >= 11 is 0. The van der Waals surface area contributed by atoms with Crippen LogP contribution in [0.3, 0.4) is 0 Å². The van der Waals surface area contributed by atoms with E-state index in [4.69, 9.17) is 5.73 Å². The molecule has 0 bridgehead atoms. The number of aromatic nitrogens is 2. The minimum Gasteiger partial charge on any atom is -0.323 e. The minimum atomic E-state index is -0.254. The van der Waals surface area contributed by atoms with Crippen molar-refractivity contribution < 1.29 is 4.39 Å². The van der Waals surface area contributed by atoms with Gasteiger partial charge in [0.25, 0.3) is 0 Å². The maximum absolute atomic E-state index is 14.0. The molecule has 2 heterocycles. The fourth-order valence-corrected chi connectivity index (χ4v) is 3.01. The Labute approximate surface area is 117 Å². The SMILES string of the molecule is NC1CN(C2CC2)Cc2c1cnn2-c1ccccc1F. The van der Waals surface area contributed by atoms with E-state index in [2.05, 4.69) is 10.00 Å². The third-order valence-electron chi connectivity index (χ3n) is 4.23. The predicted octanol–water partition coefficient (Wildman–Crippen LogP) is 1.99. The van der Waals surface area contributed by atoms with E-state index in [0.29, 0.717) is 11.7 Å². The monoisotopic (exact) mass is 272 g/mol. The van der Waals surface area contributed by atoms with Gasteiger partial charge in [0, 0.05) is 30.7 Å². The predicted molar refractivity (Wildman–Crippen MR) is 73.9 cm³/mol. The van der Waals surface area contributed by atoms with Crippen molar-refractivity contribution in [3.8, 4) is 5.69 Å². The van der Waals surface area contributed by atoms with Crippen LogP contribution in [0, 0.1) is 5.82 Å². The van der Waals surface area contributed by atoms with Crippen LogP contribution in [0.4, 0.5) is 4.39 Å². The van der Waals surface area contributed by atoms with Gasteiger partial charge in [0.15, 0.2) is 0 Å². The number of hydrogen-bond acceptors (Lipinski definition) is 3. The summed E-state index contributed by atoms with van der Waals surface area (Å²) < 4.78 is 15.7. The van der Waals surface area contributed by atoms with Crippen LogP contribution >= 0.6 is 0 Å². The van der Waals surface area contributed by atoms with E-state index in [9.17, 15) is 4.39 Å². The van der Waals surface area contributed by atoms with E-state index in [0.717, 1.165) is 24.3 Å². The van der Waals surface area contributed by atoms with Gasteiger partial charge in [0.2, 0.25) is 0 Å². The molecule has 1 atom stereocenters. The number of benzene rings is 1. The van der Waals surface area contributed by atoms with Crippen molar-refractivity contribution in [3.63, 3.8) is 0 Å². The van der Waals surface area contributed by atoms with E-state index in [1.807, 2.05) is 6.07 Å². The number of nitrogens with two attached hydrogens (primary N) is 1. The maximum Gasteiger partial charge on any atom is 0.148 e. The Hall–Kier alpha value is -1.72. The van der Waals surface area contributed by atoms with Gasteiger partial charge in [-0.2, -0.15) is 5.10 Å². The average molecular weight is 272 g/mol. The molecule has 2 N–H and O–H groups in total. The van der Waals surface area contributed by atoms with Crippen LogP contribution in [0.2, 0.25) is 0 Å². The summed E-state index contributed by atoms with van der Waals surface area (Å²) in [5.74, 6) is -0.254. The van der Waals surface area contributed by atoms with Crippen molar-refractivity contribution in [3.05, 3.63) is 47.5 Å². The van der Waals surface area contributed by atoms with Crippen LogP contribution in [0.1, 0.15) is 30.1 Å². The van der Waals surface area contributed by atoms with Crippen LogP contribution in [-0.2, 0) is 6.54 Å². The molecular formula is C15H17FN4. The summed E-state index contributed by atoms with van der Waals surface area (Å²) in [6.45, 7) is 1.68. The molecule has 1 aliphatic heterocycles. The van der Waals surface area contributed by atoms with E-state index in [-0.39, 0.29) is 11.9 Å². The molecule has 0 radical (unpaired) electrons. The lowest BCUT2D eigenvalue weighted by Crippen LogP contribution is -2.38. The maximum atomic E-state index is 14.0. The molecule has 1 aromatic carbocycles. The highest BCUT2D eigenvalue weighted by atomic mass is 19.1.